The Kier molecular flexibility index (Phi) is 3.25. The predicted molar refractivity (Wildman–Crippen MR) is 71.9 cm³/mol. The van der Waals surface area contributed by atoms with Crippen LogP contribution in [0.5, 0.6) is 5.75 Å². The van der Waals surface area contributed by atoms with Crippen LogP contribution in [-0.4, -0.2) is 22.8 Å². The van der Waals surface area contributed by atoms with Gasteiger partial charge >= 0.3 is 0 Å². The fraction of sp³-hybridized carbons (Fsp3) is 0.308. The lowest BCUT2D eigenvalue weighted by atomic mass is 10.3. The summed E-state index contributed by atoms with van der Waals surface area (Å²) in [5.41, 5.74) is 1.08. The SMILES string of the molecule is CNCc1cnc(C2CSc3ccccc3O2)[nH]1. The molecule has 0 spiro atoms. The number of nitrogens with one attached hydrogen (secondary N) is 2. The highest BCUT2D eigenvalue weighted by Crippen LogP contribution is 2.39. The first-order valence-corrected chi connectivity index (χ1v) is 6.92. The van der Waals surface area contributed by atoms with Crippen LogP contribution in [0.25, 0.3) is 0 Å². The van der Waals surface area contributed by atoms with Gasteiger partial charge in [-0.1, -0.05) is 12.1 Å². The quantitative estimate of drug-likeness (QED) is 0.890. The lowest BCUT2D eigenvalue weighted by molar-refractivity contribution is 0.211. The number of rotatable bonds is 3. The molecule has 0 aliphatic carbocycles. The lowest BCUT2D eigenvalue weighted by Crippen LogP contribution is -2.16. The van der Waals surface area contributed by atoms with Crippen molar-refractivity contribution in [2.75, 3.05) is 12.8 Å². The Balaban J connectivity index is 1.78. The molecule has 3 rings (SSSR count). The Labute approximate surface area is 110 Å². The van der Waals surface area contributed by atoms with Crippen LogP contribution in [0.3, 0.4) is 0 Å². The predicted octanol–water partition coefficient (Wildman–Crippen LogP) is 2.35. The van der Waals surface area contributed by atoms with Crippen LogP contribution in [0.15, 0.2) is 35.4 Å². The Morgan fingerprint density at radius 2 is 2.39 bits per heavy atom. The molecule has 1 aromatic carbocycles. The van der Waals surface area contributed by atoms with E-state index in [1.165, 1.54) is 4.90 Å². The minimum absolute atomic E-state index is 0.00973. The summed E-state index contributed by atoms with van der Waals surface area (Å²) >= 11 is 1.81. The van der Waals surface area contributed by atoms with Crippen molar-refractivity contribution in [3.8, 4) is 5.75 Å². The standard InChI is InChI=1S/C13H15N3OS/c1-14-6-9-7-15-13(16-9)11-8-18-12-5-3-2-4-10(12)17-11/h2-5,7,11,14H,6,8H2,1H3,(H,15,16). The topological polar surface area (TPSA) is 49.9 Å². The molecular weight excluding hydrogens is 246 g/mol. The Bertz CT molecular complexity index is 541. The highest BCUT2D eigenvalue weighted by atomic mass is 32.2. The minimum Gasteiger partial charge on any atom is -0.480 e. The maximum Gasteiger partial charge on any atom is 0.165 e. The molecule has 0 bridgehead atoms. The van der Waals surface area contributed by atoms with Gasteiger partial charge in [0.2, 0.25) is 0 Å². The fourth-order valence-electron chi connectivity index (χ4n) is 1.97. The first-order chi connectivity index (χ1) is 8.86. The molecule has 18 heavy (non-hydrogen) atoms. The second-order valence-corrected chi connectivity index (χ2v) is 5.25. The van der Waals surface area contributed by atoms with Crippen molar-refractivity contribution in [2.24, 2.45) is 0 Å². The monoisotopic (exact) mass is 261 g/mol. The third kappa shape index (κ3) is 2.23. The number of ether oxygens (including phenoxy) is 1. The number of hydrogen-bond acceptors (Lipinski definition) is 4. The van der Waals surface area contributed by atoms with Crippen molar-refractivity contribution in [3.05, 3.63) is 42.0 Å². The maximum atomic E-state index is 5.97. The Morgan fingerprint density at radius 3 is 3.28 bits per heavy atom. The number of hydrogen-bond donors (Lipinski definition) is 2. The van der Waals surface area contributed by atoms with Gasteiger partial charge in [-0.3, -0.25) is 0 Å². The van der Waals surface area contributed by atoms with Gasteiger partial charge in [0.05, 0.1) is 0 Å². The molecule has 1 unspecified atom stereocenters. The molecule has 1 aliphatic rings. The van der Waals surface area contributed by atoms with E-state index in [-0.39, 0.29) is 6.10 Å². The number of fused-ring (bicyclic) bond motifs is 1. The number of para-hydroxylation sites is 1. The van der Waals surface area contributed by atoms with Crippen LogP contribution < -0.4 is 10.1 Å². The molecule has 0 radical (unpaired) electrons. The zero-order valence-electron chi connectivity index (χ0n) is 10.1. The molecule has 2 aromatic rings. The third-order valence-electron chi connectivity index (χ3n) is 2.83. The van der Waals surface area contributed by atoms with E-state index in [1.807, 2.05) is 43.2 Å². The molecule has 94 valence electrons. The van der Waals surface area contributed by atoms with Gasteiger partial charge in [0.25, 0.3) is 0 Å². The van der Waals surface area contributed by atoms with Crippen molar-refractivity contribution in [3.63, 3.8) is 0 Å². The summed E-state index contributed by atoms with van der Waals surface area (Å²) in [6.45, 7) is 0.795. The Morgan fingerprint density at radius 1 is 1.50 bits per heavy atom. The molecule has 2 heterocycles. The number of H-pyrrole nitrogens is 1. The summed E-state index contributed by atoms with van der Waals surface area (Å²) in [4.78, 5) is 8.90. The maximum absolute atomic E-state index is 5.97. The first-order valence-electron chi connectivity index (χ1n) is 5.93. The van der Waals surface area contributed by atoms with Gasteiger partial charge < -0.3 is 15.0 Å². The van der Waals surface area contributed by atoms with E-state index < -0.39 is 0 Å². The number of imidazole rings is 1. The average Bonchev–Trinajstić information content (AvgIpc) is 2.87. The number of thioether (sulfide) groups is 1. The van der Waals surface area contributed by atoms with Crippen LogP contribution in [-0.2, 0) is 6.54 Å². The highest BCUT2D eigenvalue weighted by molar-refractivity contribution is 7.99. The molecule has 4 nitrogen and oxygen atoms in total. The van der Waals surface area contributed by atoms with E-state index in [9.17, 15) is 0 Å². The molecule has 0 fully saturated rings. The van der Waals surface area contributed by atoms with E-state index in [4.69, 9.17) is 4.74 Å². The number of benzene rings is 1. The van der Waals surface area contributed by atoms with Crippen molar-refractivity contribution in [1.82, 2.24) is 15.3 Å². The highest BCUT2D eigenvalue weighted by Gasteiger charge is 2.23. The minimum atomic E-state index is 0.00973. The van der Waals surface area contributed by atoms with Crippen molar-refractivity contribution < 1.29 is 4.74 Å². The largest absolute Gasteiger partial charge is 0.480 e. The summed E-state index contributed by atoms with van der Waals surface area (Å²) in [6.07, 6.45) is 1.87. The van der Waals surface area contributed by atoms with Crippen LogP contribution in [0.2, 0.25) is 0 Å². The summed E-state index contributed by atoms with van der Waals surface area (Å²) < 4.78 is 5.97. The normalized spacial score (nSPS) is 18.2. The van der Waals surface area contributed by atoms with Gasteiger partial charge in [0.1, 0.15) is 11.6 Å². The molecule has 0 saturated heterocycles. The number of aromatic amines is 1. The van der Waals surface area contributed by atoms with Crippen LogP contribution >= 0.6 is 11.8 Å². The van der Waals surface area contributed by atoms with E-state index in [1.54, 1.807) is 0 Å². The average molecular weight is 261 g/mol. The lowest BCUT2D eigenvalue weighted by Gasteiger charge is -2.23. The second-order valence-electron chi connectivity index (χ2n) is 4.19. The number of aromatic nitrogens is 2. The van der Waals surface area contributed by atoms with Crippen LogP contribution in [0.1, 0.15) is 17.6 Å². The zero-order valence-corrected chi connectivity index (χ0v) is 11.0. The molecule has 1 atom stereocenters. The zero-order chi connectivity index (χ0) is 12.4. The second kappa shape index (κ2) is 5.04. The third-order valence-corrected chi connectivity index (χ3v) is 3.95. The van der Waals surface area contributed by atoms with Gasteiger partial charge in [0.15, 0.2) is 6.10 Å². The summed E-state index contributed by atoms with van der Waals surface area (Å²) in [5.74, 6) is 2.75. The molecule has 0 saturated carbocycles. The van der Waals surface area contributed by atoms with E-state index in [0.29, 0.717) is 0 Å². The summed E-state index contributed by atoms with van der Waals surface area (Å²) in [6, 6.07) is 8.13. The fourth-order valence-corrected chi connectivity index (χ4v) is 2.96. The van der Waals surface area contributed by atoms with Crippen molar-refractivity contribution >= 4 is 11.8 Å². The van der Waals surface area contributed by atoms with E-state index in [0.717, 1.165) is 29.6 Å². The van der Waals surface area contributed by atoms with Gasteiger partial charge in [0, 0.05) is 29.1 Å². The van der Waals surface area contributed by atoms with Gasteiger partial charge in [-0.2, -0.15) is 0 Å². The molecule has 1 aromatic heterocycles. The summed E-state index contributed by atoms with van der Waals surface area (Å²) in [7, 11) is 1.92. The van der Waals surface area contributed by atoms with Crippen molar-refractivity contribution in [2.45, 2.75) is 17.5 Å². The van der Waals surface area contributed by atoms with E-state index in [2.05, 4.69) is 21.4 Å². The van der Waals surface area contributed by atoms with Gasteiger partial charge in [-0.15, -0.1) is 11.8 Å². The van der Waals surface area contributed by atoms with Crippen molar-refractivity contribution in [1.29, 1.82) is 0 Å². The van der Waals surface area contributed by atoms with E-state index >= 15 is 0 Å². The molecule has 5 heteroatoms. The molecular formula is C13H15N3OS. The molecule has 0 amide bonds. The molecule has 2 N–H and O–H groups in total. The van der Waals surface area contributed by atoms with Gasteiger partial charge in [-0.05, 0) is 19.2 Å². The molecule has 1 aliphatic heterocycles. The van der Waals surface area contributed by atoms with Gasteiger partial charge in [-0.25, -0.2) is 4.98 Å². The smallest absolute Gasteiger partial charge is 0.165 e. The summed E-state index contributed by atoms with van der Waals surface area (Å²) in [5, 5.41) is 3.10. The Hall–Kier alpha value is -1.46. The van der Waals surface area contributed by atoms with Crippen LogP contribution in [0, 0.1) is 0 Å². The number of nitrogens with zero attached hydrogens (tertiary/aromatic N) is 1. The van der Waals surface area contributed by atoms with Crippen LogP contribution in [0.4, 0.5) is 0 Å². The first kappa shape index (κ1) is 11.6.